The lowest BCUT2D eigenvalue weighted by Crippen LogP contribution is -2.33. The number of ether oxygens (including phenoxy) is 1. The Morgan fingerprint density at radius 3 is 2.43 bits per heavy atom. The third-order valence-electron chi connectivity index (χ3n) is 2.88. The molecule has 1 heterocycles. The molecule has 1 amide bonds. The first-order chi connectivity index (χ1) is 9.53. The zero-order chi connectivity index (χ0) is 15.8. The van der Waals surface area contributed by atoms with E-state index in [0.717, 1.165) is 17.4 Å². The Morgan fingerprint density at radius 2 is 1.86 bits per heavy atom. The summed E-state index contributed by atoms with van der Waals surface area (Å²) in [6.45, 7) is 6.36. The smallest absolute Gasteiger partial charge is 0.410 e. The molecule has 0 unspecified atom stereocenters. The van der Waals surface area contributed by atoms with Gasteiger partial charge < -0.3 is 4.74 Å². The summed E-state index contributed by atoms with van der Waals surface area (Å²) < 4.78 is 30.2. The monoisotopic (exact) mass is 312 g/mol. The topological polar surface area (TPSA) is 75.7 Å². The van der Waals surface area contributed by atoms with Gasteiger partial charge >= 0.3 is 6.09 Å². The van der Waals surface area contributed by atoms with Crippen LogP contribution in [0, 0.1) is 0 Å². The number of sulfonamides is 1. The molecule has 0 saturated heterocycles. The molecule has 2 rings (SSSR count). The predicted molar refractivity (Wildman–Crippen MR) is 80.4 cm³/mol. The van der Waals surface area contributed by atoms with Gasteiger partial charge in [-0.2, -0.15) is 0 Å². The average Bonchev–Trinajstić information content (AvgIpc) is 2.67. The average molecular weight is 312 g/mol. The number of fused-ring (bicyclic) bond motifs is 1. The number of anilines is 1. The van der Waals surface area contributed by atoms with E-state index in [1.54, 1.807) is 17.0 Å². The normalized spacial score (nSPS) is 14.8. The van der Waals surface area contributed by atoms with Gasteiger partial charge in [-0.1, -0.05) is 6.07 Å². The first-order valence-electron chi connectivity index (χ1n) is 6.61. The van der Waals surface area contributed by atoms with Gasteiger partial charge in [-0.05, 0) is 44.0 Å². The van der Waals surface area contributed by atoms with E-state index in [0.29, 0.717) is 18.8 Å². The third-order valence-corrected chi connectivity index (χ3v) is 3.49. The van der Waals surface area contributed by atoms with Crippen LogP contribution in [-0.2, 0) is 27.8 Å². The molecule has 0 aromatic heterocycles. The van der Waals surface area contributed by atoms with Gasteiger partial charge in [0.05, 0.1) is 6.26 Å². The van der Waals surface area contributed by atoms with Gasteiger partial charge in [0.25, 0.3) is 0 Å². The zero-order valence-corrected chi connectivity index (χ0v) is 13.5. The number of benzene rings is 1. The maximum atomic E-state index is 12.0. The Hall–Kier alpha value is -1.76. The Balaban J connectivity index is 2.11. The van der Waals surface area contributed by atoms with E-state index in [1.807, 2.05) is 26.8 Å². The first kappa shape index (κ1) is 15.6. The fourth-order valence-corrected chi connectivity index (χ4v) is 2.68. The molecule has 1 N–H and O–H groups in total. The highest BCUT2D eigenvalue weighted by atomic mass is 32.2. The summed E-state index contributed by atoms with van der Waals surface area (Å²) in [5.41, 5.74) is 1.89. The first-order valence-corrected chi connectivity index (χ1v) is 8.50. The third kappa shape index (κ3) is 4.35. The second-order valence-corrected chi connectivity index (χ2v) is 7.94. The van der Waals surface area contributed by atoms with Crippen molar-refractivity contribution in [1.82, 2.24) is 4.90 Å². The molecule has 0 bridgehead atoms. The maximum absolute atomic E-state index is 12.0. The van der Waals surface area contributed by atoms with Crippen molar-refractivity contribution >= 4 is 21.8 Å². The van der Waals surface area contributed by atoms with Crippen molar-refractivity contribution in [1.29, 1.82) is 0 Å². The number of amides is 1. The second-order valence-electron chi connectivity index (χ2n) is 6.19. The second kappa shape index (κ2) is 5.22. The molecule has 21 heavy (non-hydrogen) atoms. The fourth-order valence-electron chi connectivity index (χ4n) is 2.13. The lowest BCUT2D eigenvalue weighted by Gasteiger charge is -2.24. The Kier molecular flexibility index (Phi) is 3.88. The predicted octanol–water partition coefficient (Wildman–Crippen LogP) is 2.31. The molecule has 7 heteroatoms. The lowest BCUT2D eigenvalue weighted by atomic mass is 10.1. The lowest BCUT2D eigenvalue weighted by molar-refractivity contribution is 0.0242. The Bertz CT molecular complexity index is 662. The van der Waals surface area contributed by atoms with E-state index in [1.165, 1.54) is 0 Å². The Labute approximate surface area is 125 Å². The van der Waals surface area contributed by atoms with Crippen molar-refractivity contribution in [2.45, 2.75) is 39.5 Å². The van der Waals surface area contributed by atoms with Gasteiger partial charge in [-0.15, -0.1) is 0 Å². The molecule has 0 saturated carbocycles. The summed E-state index contributed by atoms with van der Waals surface area (Å²) in [6, 6.07) is 5.27. The minimum atomic E-state index is -3.30. The quantitative estimate of drug-likeness (QED) is 0.909. The van der Waals surface area contributed by atoms with E-state index in [-0.39, 0.29) is 6.09 Å². The van der Waals surface area contributed by atoms with Gasteiger partial charge in [0, 0.05) is 18.8 Å². The van der Waals surface area contributed by atoms with Crippen LogP contribution in [0.4, 0.5) is 10.5 Å². The highest BCUT2D eigenvalue weighted by Gasteiger charge is 2.27. The number of carbonyl (C=O) groups excluding carboxylic acids is 1. The summed E-state index contributed by atoms with van der Waals surface area (Å²) in [7, 11) is -3.30. The van der Waals surface area contributed by atoms with Crippen LogP contribution in [0.25, 0.3) is 0 Å². The molecule has 0 fully saturated rings. The van der Waals surface area contributed by atoms with Crippen molar-refractivity contribution in [3.8, 4) is 0 Å². The molecular weight excluding hydrogens is 292 g/mol. The minimum Gasteiger partial charge on any atom is -0.444 e. The molecule has 1 aromatic rings. The van der Waals surface area contributed by atoms with Crippen LogP contribution in [0.15, 0.2) is 18.2 Å². The molecular formula is C14H20N2O4S. The van der Waals surface area contributed by atoms with Crippen LogP contribution in [0.2, 0.25) is 0 Å². The van der Waals surface area contributed by atoms with Gasteiger partial charge in [0.2, 0.25) is 10.0 Å². The van der Waals surface area contributed by atoms with Crippen molar-refractivity contribution < 1.29 is 17.9 Å². The molecule has 0 spiro atoms. The summed E-state index contributed by atoms with van der Waals surface area (Å²) in [5, 5.41) is 0. The van der Waals surface area contributed by atoms with Crippen LogP contribution in [0.3, 0.4) is 0 Å². The van der Waals surface area contributed by atoms with Gasteiger partial charge in [0.1, 0.15) is 5.60 Å². The van der Waals surface area contributed by atoms with E-state index in [9.17, 15) is 13.2 Å². The Morgan fingerprint density at radius 1 is 1.24 bits per heavy atom. The van der Waals surface area contributed by atoms with Crippen LogP contribution in [0.1, 0.15) is 31.9 Å². The van der Waals surface area contributed by atoms with Gasteiger partial charge in [0.15, 0.2) is 0 Å². The summed E-state index contributed by atoms with van der Waals surface area (Å²) >= 11 is 0. The molecule has 1 aromatic carbocycles. The molecule has 0 radical (unpaired) electrons. The van der Waals surface area contributed by atoms with E-state index >= 15 is 0 Å². The van der Waals surface area contributed by atoms with E-state index in [4.69, 9.17) is 4.74 Å². The highest BCUT2D eigenvalue weighted by molar-refractivity contribution is 7.92. The van der Waals surface area contributed by atoms with Crippen molar-refractivity contribution in [3.63, 3.8) is 0 Å². The number of hydrogen-bond acceptors (Lipinski definition) is 4. The van der Waals surface area contributed by atoms with Crippen LogP contribution >= 0.6 is 0 Å². The molecule has 0 aliphatic carbocycles. The van der Waals surface area contributed by atoms with Gasteiger partial charge in [-0.3, -0.25) is 9.62 Å². The molecule has 1 aliphatic rings. The highest BCUT2D eigenvalue weighted by Crippen LogP contribution is 2.27. The summed E-state index contributed by atoms with van der Waals surface area (Å²) in [4.78, 5) is 13.6. The number of rotatable bonds is 2. The van der Waals surface area contributed by atoms with Gasteiger partial charge in [-0.25, -0.2) is 13.2 Å². The SMILES string of the molecule is CC(C)(C)OC(=O)N1Cc2ccc(NS(C)(=O)=O)cc2C1. The minimum absolute atomic E-state index is 0.365. The molecule has 1 aliphatic heterocycles. The van der Waals surface area contributed by atoms with Crippen LogP contribution in [0.5, 0.6) is 0 Å². The number of nitrogens with zero attached hydrogens (tertiary/aromatic N) is 1. The summed E-state index contributed by atoms with van der Waals surface area (Å²) in [5.74, 6) is 0. The van der Waals surface area contributed by atoms with Crippen molar-refractivity contribution in [3.05, 3.63) is 29.3 Å². The maximum Gasteiger partial charge on any atom is 0.410 e. The molecule has 6 nitrogen and oxygen atoms in total. The largest absolute Gasteiger partial charge is 0.444 e. The zero-order valence-electron chi connectivity index (χ0n) is 12.6. The number of carbonyl (C=O) groups is 1. The van der Waals surface area contributed by atoms with Crippen LogP contribution < -0.4 is 4.72 Å². The molecule has 116 valence electrons. The van der Waals surface area contributed by atoms with E-state index < -0.39 is 15.6 Å². The van der Waals surface area contributed by atoms with Crippen molar-refractivity contribution in [2.24, 2.45) is 0 Å². The summed E-state index contributed by atoms with van der Waals surface area (Å²) in [6.07, 6.45) is 0.740. The van der Waals surface area contributed by atoms with E-state index in [2.05, 4.69) is 4.72 Å². The fraction of sp³-hybridized carbons (Fsp3) is 0.500. The van der Waals surface area contributed by atoms with Crippen LogP contribution in [-0.4, -0.2) is 31.3 Å². The van der Waals surface area contributed by atoms with Crippen molar-refractivity contribution in [2.75, 3.05) is 11.0 Å². The number of hydrogen-bond donors (Lipinski definition) is 1. The standard InChI is InChI=1S/C14H20N2O4S/c1-14(2,3)20-13(17)16-8-10-5-6-12(7-11(10)9-16)15-21(4,18)19/h5-7,15H,8-9H2,1-4H3. The molecule has 0 atom stereocenters. The number of nitrogens with one attached hydrogen (secondary N) is 1.